The van der Waals surface area contributed by atoms with E-state index in [1.807, 2.05) is 0 Å². The molecular weight excluding hydrogens is 184 g/mol. The molecule has 15 heavy (non-hydrogen) atoms. The third-order valence-corrected chi connectivity index (χ3v) is 5.40. The fourth-order valence-corrected chi connectivity index (χ4v) is 4.19. The molecule has 1 aliphatic heterocycles. The Morgan fingerprint density at radius 1 is 1.27 bits per heavy atom. The van der Waals surface area contributed by atoms with Crippen LogP contribution in [0.3, 0.4) is 0 Å². The highest BCUT2D eigenvalue weighted by Gasteiger charge is 2.73. The van der Waals surface area contributed by atoms with Crippen LogP contribution in [0.25, 0.3) is 0 Å². The molecule has 3 fully saturated rings. The van der Waals surface area contributed by atoms with Crippen molar-refractivity contribution in [1.29, 1.82) is 0 Å². The van der Waals surface area contributed by atoms with Gasteiger partial charge in [-0.05, 0) is 45.1 Å². The first-order chi connectivity index (χ1) is 6.98. The summed E-state index contributed by atoms with van der Waals surface area (Å²) in [5, 5.41) is 0. The minimum atomic E-state index is 0.567. The molecule has 1 spiro atoms. The van der Waals surface area contributed by atoms with Crippen LogP contribution >= 0.6 is 0 Å². The first-order valence-corrected chi connectivity index (χ1v) is 6.43. The van der Waals surface area contributed by atoms with Gasteiger partial charge in [0.2, 0.25) is 0 Å². The van der Waals surface area contributed by atoms with Crippen molar-refractivity contribution in [2.24, 2.45) is 11.3 Å². The fourth-order valence-electron chi connectivity index (χ4n) is 4.19. The van der Waals surface area contributed by atoms with Crippen LogP contribution in [0.5, 0.6) is 0 Å². The number of rotatable bonds is 1. The Labute approximate surface area is 93.6 Å². The van der Waals surface area contributed by atoms with E-state index in [9.17, 15) is 0 Å². The van der Waals surface area contributed by atoms with E-state index in [0.717, 1.165) is 17.4 Å². The largest absolute Gasteiger partial charge is 0.298 e. The number of likely N-dealkylation sites (N-methyl/N-ethyl adjacent to an activating group) is 1. The lowest BCUT2D eigenvalue weighted by Crippen LogP contribution is -2.68. The lowest BCUT2D eigenvalue weighted by Gasteiger charge is -2.58. The number of fused-ring (bicyclic) bond motifs is 2. The summed E-state index contributed by atoms with van der Waals surface area (Å²) in [7, 11) is 2.34. The zero-order chi connectivity index (χ0) is 10.8. The summed E-state index contributed by atoms with van der Waals surface area (Å²) in [5.41, 5.74) is 1.31. The quantitative estimate of drug-likeness (QED) is 0.648. The summed E-state index contributed by atoms with van der Waals surface area (Å²) in [6.07, 6.45) is 2.94. The average molecular weight is 208 g/mol. The van der Waals surface area contributed by atoms with Gasteiger partial charge in [-0.1, -0.05) is 6.92 Å². The second kappa shape index (κ2) is 2.78. The highest BCUT2D eigenvalue weighted by atomic mass is 15.3. The monoisotopic (exact) mass is 208 g/mol. The highest BCUT2D eigenvalue weighted by molar-refractivity contribution is 5.26. The molecule has 0 bridgehead atoms. The molecule has 2 aliphatic carbocycles. The summed E-state index contributed by atoms with van der Waals surface area (Å²) in [6, 6.07) is 0.723. The second-order valence-corrected chi connectivity index (χ2v) is 6.68. The van der Waals surface area contributed by atoms with E-state index in [-0.39, 0.29) is 0 Å². The van der Waals surface area contributed by atoms with Crippen LogP contribution in [0.15, 0.2) is 0 Å². The van der Waals surface area contributed by atoms with Gasteiger partial charge in [-0.25, -0.2) is 0 Å². The molecule has 86 valence electrons. The van der Waals surface area contributed by atoms with Gasteiger partial charge in [0.15, 0.2) is 0 Å². The number of piperazine rings is 1. The van der Waals surface area contributed by atoms with Gasteiger partial charge < -0.3 is 0 Å². The van der Waals surface area contributed by atoms with E-state index in [4.69, 9.17) is 0 Å². The summed E-state index contributed by atoms with van der Waals surface area (Å²) in [5.74, 6) is 1.01. The Kier molecular flexibility index (Phi) is 1.87. The maximum absolute atomic E-state index is 2.68. The van der Waals surface area contributed by atoms with Crippen LogP contribution in [0.4, 0.5) is 0 Å². The van der Waals surface area contributed by atoms with E-state index in [0.29, 0.717) is 5.54 Å². The molecule has 3 rings (SSSR count). The van der Waals surface area contributed by atoms with Crippen molar-refractivity contribution in [1.82, 2.24) is 9.80 Å². The summed E-state index contributed by atoms with van der Waals surface area (Å²) in [4.78, 5) is 5.34. The molecule has 3 aliphatic rings. The standard InChI is InChI=1S/C13H24N2/c1-10(2)15-6-5-14(4)13(9-15)8-12(3)7-11(12)13/h10-11H,5-9H2,1-4H3. The van der Waals surface area contributed by atoms with Gasteiger partial charge in [-0.2, -0.15) is 0 Å². The van der Waals surface area contributed by atoms with Gasteiger partial charge in [0, 0.05) is 31.2 Å². The normalized spacial score (nSPS) is 50.6. The number of hydrogen-bond acceptors (Lipinski definition) is 2. The van der Waals surface area contributed by atoms with Gasteiger partial charge in [0.25, 0.3) is 0 Å². The molecule has 2 nitrogen and oxygen atoms in total. The van der Waals surface area contributed by atoms with E-state index in [2.05, 4.69) is 37.6 Å². The molecule has 3 atom stereocenters. The van der Waals surface area contributed by atoms with Crippen LogP contribution in [-0.2, 0) is 0 Å². The van der Waals surface area contributed by atoms with E-state index in [1.54, 1.807) is 0 Å². The minimum absolute atomic E-state index is 0.567. The van der Waals surface area contributed by atoms with Crippen LogP contribution in [-0.4, -0.2) is 48.1 Å². The van der Waals surface area contributed by atoms with Crippen molar-refractivity contribution in [3.05, 3.63) is 0 Å². The average Bonchev–Trinajstić information content (AvgIpc) is 2.72. The summed E-state index contributed by atoms with van der Waals surface area (Å²) >= 11 is 0. The Balaban J connectivity index is 1.77. The van der Waals surface area contributed by atoms with Crippen LogP contribution in [0.1, 0.15) is 33.6 Å². The molecule has 0 aromatic carbocycles. The first-order valence-electron chi connectivity index (χ1n) is 6.43. The first kappa shape index (κ1) is 10.1. The van der Waals surface area contributed by atoms with Gasteiger partial charge in [0.1, 0.15) is 0 Å². The number of nitrogens with zero attached hydrogens (tertiary/aromatic N) is 2. The zero-order valence-corrected chi connectivity index (χ0v) is 10.6. The maximum atomic E-state index is 2.68. The zero-order valence-electron chi connectivity index (χ0n) is 10.6. The van der Waals surface area contributed by atoms with E-state index < -0.39 is 0 Å². The van der Waals surface area contributed by atoms with Crippen molar-refractivity contribution in [3.63, 3.8) is 0 Å². The van der Waals surface area contributed by atoms with Crippen molar-refractivity contribution in [2.75, 3.05) is 26.7 Å². The third kappa shape index (κ3) is 1.18. The van der Waals surface area contributed by atoms with Gasteiger partial charge in [-0.3, -0.25) is 9.80 Å². The van der Waals surface area contributed by atoms with Gasteiger partial charge in [-0.15, -0.1) is 0 Å². The third-order valence-electron chi connectivity index (χ3n) is 5.40. The van der Waals surface area contributed by atoms with Crippen LogP contribution in [0, 0.1) is 11.3 Å². The molecule has 0 aromatic heterocycles. The topological polar surface area (TPSA) is 6.48 Å². The Morgan fingerprint density at radius 3 is 2.47 bits per heavy atom. The summed E-state index contributed by atoms with van der Waals surface area (Å²) < 4.78 is 0. The van der Waals surface area contributed by atoms with Gasteiger partial charge in [0.05, 0.1) is 0 Å². The van der Waals surface area contributed by atoms with Crippen molar-refractivity contribution >= 4 is 0 Å². The second-order valence-electron chi connectivity index (χ2n) is 6.68. The molecule has 1 saturated heterocycles. The highest BCUT2D eigenvalue weighted by Crippen LogP contribution is 2.74. The van der Waals surface area contributed by atoms with Gasteiger partial charge >= 0.3 is 0 Å². The number of hydrogen-bond donors (Lipinski definition) is 0. The molecule has 3 unspecified atom stereocenters. The molecule has 2 saturated carbocycles. The maximum Gasteiger partial charge on any atom is 0.0372 e. The molecule has 0 N–H and O–H groups in total. The molecule has 1 heterocycles. The van der Waals surface area contributed by atoms with Crippen molar-refractivity contribution in [2.45, 2.75) is 45.2 Å². The van der Waals surface area contributed by atoms with Crippen LogP contribution in [0.2, 0.25) is 0 Å². The lowest BCUT2D eigenvalue weighted by atomic mass is 9.67. The summed E-state index contributed by atoms with van der Waals surface area (Å²) in [6.45, 7) is 11.0. The molecule has 0 radical (unpaired) electrons. The van der Waals surface area contributed by atoms with Crippen LogP contribution < -0.4 is 0 Å². The molecule has 0 amide bonds. The smallest absolute Gasteiger partial charge is 0.0372 e. The molecular formula is C13H24N2. The SMILES string of the molecule is CC(C)N1CCN(C)C2(C1)CC1(C)CC12. The predicted octanol–water partition coefficient (Wildman–Crippen LogP) is 1.81. The minimum Gasteiger partial charge on any atom is -0.298 e. The Hall–Kier alpha value is -0.0800. The predicted molar refractivity (Wildman–Crippen MR) is 62.9 cm³/mol. The van der Waals surface area contributed by atoms with E-state index >= 15 is 0 Å². The van der Waals surface area contributed by atoms with Crippen molar-refractivity contribution < 1.29 is 0 Å². The molecule has 2 heteroatoms. The van der Waals surface area contributed by atoms with E-state index in [1.165, 1.54) is 32.5 Å². The lowest BCUT2D eigenvalue weighted by molar-refractivity contribution is -0.0770. The Morgan fingerprint density at radius 2 is 2.00 bits per heavy atom. The molecule has 0 aromatic rings. The fraction of sp³-hybridized carbons (Fsp3) is 1.00. The Bertz CT molecular complexity index is 284. The van der Waals surface area contributed by atoms with Crippen molar-refractivity contribution in [3.8, 4) is 0 Å².